The Bertz CT molecular complexity index is 419. The second-order valence-corrected chi connectivity index (χ2v) is 3.70. The van der Waals surface area contributed by atoms with Crippen LogP contribution in [-0.2, 0) is 4.74 Å². The molecule has 2 rings (SSSR count). The minimum Gasteiger partial charge on any atom is -0.454 e. The molecule has 1 heterocycles. The zero-order valence-corrected chi connectivity index (χ0v) is 9.86. The molecule has 1 atom stereocenters. The highest BCUT2D eigenvalue weighted by molar-refractivity contribution is 5.67. The van der Waals surface area contributed by atoms with Crippen LogP contribution < -0.4 is 14.8 Å². The summed E-state index contributed by atoms with van der Waals surface area (Å²) in [6, 6.07) is 5.45. The molecule has 5 nitrogen and oxygen atoms in total. The zero-order valence-electron chi connectivity index (χ0n) is 9.86. The lowest BCUT2D eigenvalue weighted by atomic mass is 10.1. The molecule has 0 aliphatic carbocycles. The molecule has 0 saturated heterocycles. The van der Waals surface area contributed by atoms with Gasteiger partial charge in [0.2, 0.25) is 6.79 Å². The van der Waals surface area contributed by atoms with Crippen LogP contribution in [0.25, 0.3) is 0 Å². The molecule has 5 heteroatoms. The number of alkyl carbamates (subject to hydrolysis) is 1. The smallest absolute Gasteiger partial charge is 0.407 e. The molecule has 17 heavy (non-hydrogen) atoms. The van der Waals surface area contributed by atoms with Gasteiger partial charge in [0.1, 0.15) is 0 Å². The summed E-state index contributed by atoms with van der Waals surface area (Å²) in [7, 11) is 0. The predicted molar refractivity (Wildman–Crippen MR) is 61.1 cm³/mol. The first-order valence-electron chi connectivity index (χ1n) is 5.53. The molecule has 0 aromatic heterocycles. The highest BCUT2D eigenvalue weighted by Crippen LogP contribution is 2.34. The molecule has 1 unspecified atom stereocenters. The van der Waals surface area contributed by atoms with Crippen LogP contribution in [-0.4, -0.2) is 19.5 Å². The summed E-state index contributed by atoms with van der Waals surface area (Å²) in [4.78, 5) is 11.3. The van der Waals surface area contributed by atoms with Gasteiger partial charge in [0.05, 0.1) is 12.6 Å². The maximum Gasteiger partial charge on any atom is 0.407 e. The number of fused-ring (bicyclic) bond motifs is 1. The van der Waals surface area contributed by atoms with Crippen molar-refractivity contribution in [3.63, 3.8) is 0 Å². The van der Waals surface area contributed by atoms with Gasteiger partial charge in [0.25, 0.3) is 0 Å². The average molecular weight is 237 g/mol. The molecule has 1 N–H and O–H groups in total. The van der Waals surface area contributed by atoms with Gasteiger partial charge in [-0.05, 0) is 31.5 Å². The lowest BCUT2D eigenvalue weighted by Crippen LogP contribution is -2.27. The van der Waals surface area contributed by atoms with Crippen molar-refractivity contribution in [3.8, 4) is 11.5 Å². The first-order valence-corrected chi connectivity index (χ1v) is 5.53. The summed E-state index contributed by atoms with van der Waals surface area (Å²) in [6.07, 6.45) is -0.419. The van der Waals surface area contributed by atoms with E-state index < -0.39 is 6.09 Å². The Hall–Kier alpha value is -1.91. The van der Waals surface area contributed by atoms with Crippen LogP contribution in [0.1, 0.15) is 25.5 Å². The second-order valence-electron chi connectivity index (χ2n) is 3.70. The first kappa shape index (κ1) is 11.6. The lowest BCUT2D eigenvalue weighted by molar-refractivity contribution is 0.149. The van der Waals surface area contributed by atoms with Gasteiger partial charge >= 0.3 is 6.09 Å². The van der Waals surface area contributed by atoms with E-state index in [1.54, 1.807) is 6.92 Å². The zero-order chi connectivity index (χ0) is 12.3. The number of nitrogens with one attached hydrogen (secondary N) is 1. The fourth-order valence-corrected chi connectivity index (χ4v) is 1.62. The van der Waals surface area contributed by atoms with Crippen molar-refractivity contribution < 1.29 is 19.0 Å². The molecule has 1 amide bonds. The number of hydrogen-bond donors (Lipinski definition) is 1. The molecule has 1 aliphatic rings. The lowest BCUT2D eigenvalue weighted by Gasteiger charge is -2.14. The van der Waals surface area contributed by atoms with Crippen molar-refractivity contribution in [3.05, 3.63) is 23.8 Å². The number of carbonyl (C=O) groups is 1. The van der Waals surface area contributed by atoms with Gasteiger partial charge in [-0.1, -0.05) is 6.07 Å². The molecule has 0 fully saturated rings. The van der Waals surface area contributed by atoms with E-state index in [4.69, 9.17) is 14.2 Å². The van der Waals surface area contributed by atoms with Crippen molar-refractivity contribution in [2.45, 2.75) is 19.9 Å². The van der Waals surface area contributed by atoms with E-state index >= 15 is 0 Å². The summed E-state index contributed by atoms with van der Waals surface area (Å²) in [6.45, 7) is 4.26. The predicted octanol–water partition coefficient (Wildman–Crippen LogP) is 2.22. The number of carbonyl (C=O) groups excluding carboxylic acids is 1. The Balaban J connectivity index is 2.04. The molecule has 0 spiro atoms. The summed E-state index contributed by atoms with van der Waals surface area (Å²) >= 11 is 0. The SMILES string of the molecule is CCOC(=O)NC(C)c1ccc2c(c1)OCO2. The van der Waals surface area contributed by atoms with Crippen molar-refractivity contribution in [2.75, 3.05) is 13.4 Å². The van der Waals surface area contributed by atoms with Gasteiger partial charge in [-0.25, -0.2) is 4.79 Å². The van der Waals surface area contributed by atoms with Crippen LogP contribution >= 0.6 is 0 Å². The standard InChI is InChI=1S/C12H15NO4/c1-3-15-12(14)13-8(2)9-4-5-10-11(6-9)17-7-16-10/h4-6,8H,3,7H2,1-2H3,(H,13,14). The van der Waals surface area contributed by atoms with Crippen molar-refractivity contribution in [2.24, 2.45) is 0 Å². The average Bonchev–Trinajstić information content (AvgIpc) is 2.75. The minimum atomic E-state index is -0.419. The van der Waals surface area contributed by atoms with E-state index in [1.807, 2.05) is 25.1 Å². The van der Waals surface area contributed by atoms with Gasteiger partial charge in [0.15, 0.2) is 11.5 Å². The van der Waals surface area contributed by atoms with Crippen LogP contribution in [0.5, 0.6) is 11.5 Å². The number of hydrogen-bond acceptors (Lipinski definition) is 4. The van der Waals surface area contributed by atoms with Crippen LogP contribution in [0.2, 0.25) is 0 Å². The van der Waals surface area contributed by atoms with Crippen molar-refractivity contribution >= 4 is 6.09 Å². The van der Waals surface area contributed by atoms with Gasteiger partial charge in [-0.2, -0.15) is 0 Å². The summed E-state index contributed by atoms with van der Waals surface area (Å²) in [5.41, 5.74) is 0.947. The van der Waals surface area contributed by atoms with E-state index in [2.05, 4.69) is 5.32 Å². The fourth-order valence-electron chi connectivity index (χ4n) is 1.62. The van der Waals surface area contributed by atoms with Crippen LogP contribution in [0, 0.1) is 0 Å². The van der Waals surface area contributed by atoms with Gasteiger partial charge in [-0.15, -0.1) is 0 Å². The van der Waals surface area contributed by atoms with E-state index in [0.29, 0.717) is 12.4 Å². The molecule has 1 aromatic rings. The van der Waals surface area contributed by atoms with E-state index in [-0.39, 0.29) is 12.8 Å². The van der Waals surface area contributed by atoms with Gasteiger partial charge in [-0.3, -0.25) is 0 Å². The maximum atomic E-state index is 11.3. The third kappa shape index (κ3) is 2.61. The second kappa shape index (κ2) is 4.95. The molecule has 0 saturated carbocycles. The summed E-state index contributed by atoms with van der Waals surface area (Å²) in [5, 5.41) is 2.73. The normalized spacial score (nSPS) is 14.2. The van der Waals surface area contributed by atoms with Crippen LogP contribution in [0.4, 0.5) is 4.79 Å². The third-order valence-electron chi connectivity index (χ3n) is 2.51. The number of rotatable bonds is 3. The Morgan fingerprint density at radius 3 is 3.00 bits per heavy atom. The highest BCUT2D eigenvalue weighted by Gasteiger charge is 2.16. The molecule has 1 aliphatic heterocycles. The van der Waals surface area contributed by atoms with Crippen LogP contribution in [0.3, 0.4) is 0 Å². The van der Waals surface area contributed by atoms with E-state index in [0.717, 1.165) is 11.3 Å². The quantitative estimate of drug-likeness (QED) is 0.875. The highest BCUT2D eigenvalue weighted by atomic mass is 16.7. The molecule has 1 aromatic carbocycles. The Labute approximate surface area is 99.7 Å². The van der Waals surface area contributed by atoms with Crippen LogP contribution in [0.15, 0.2) is 18.2 Å². The third-order valence-corrected chi connectivity index (χ3v) is 2.51. The number of ether oxygens (including phenoxy) is 3. The van der Waals surface area contributed by atoms with Crippen molar-refractivity contribution in [1.82, 2.24) is 5.32 Å². The monoisotopic (exact) mass is 237 g/mol. The topological polar surface area (TPSA) is 56.8 Å². The summed E-state index contributed by atoms with van der Waals surface area (Å²) < 4.78 is 15.3. The largest absolute Gasteiger partial charge is 0.454 e. The molecular formula is C12H15NO4. The van der Waals surface area contributed by atoms with E-state index in [1.165, 1.54) is 0 Å². The molecule has 0 radical (unpaired) electrons. The molecule has 0 bridgehead atoms. The summed E-state index contributed by atoms with van der Waals surface area (Å²) in [5.74, 6) is 1.44. The Morgan fingerprint density at radius 2 is 2.24 bits per heavy atom. The Kier molecular flexibility index (Phi) is 3.37. The van der Waals surface area contributed by atoms with Gasteiger partial charge < -0.3 is 19.5 Å². The Morgan fingerprint density at radius 1 is 1.47 bits per heavy atom. The first-order chi connectivity index (χ1) is 8.20. The van der Waals surface area contributed by atoms with E-state index in [9.17, 15) is 4.79 Å². The number of amides is 1. The fraction of sp³-hybridized carbons (Fsp3) is 0.417. The maximum absolute atomic E-state index is 11.3. The molecule has 92 valence electrons. The molecular weight excluding hydrogens is 222 g/mol. The van der Waals surface area contributed by atoms with Crippen molar-refractivity contribution in [1.29, 1.82) is 0 Å². The van der Waals surface area contributed by atoms with Gasteiger partial charge in [0, 0.05) is 0 Å². The minimum absolute atomic E-state index is 0.136. The number of benzene rings is 1.